The Morgan fingerprint density at radius 2 is 2.25 bits per heavy atom. The molecule has 0 saturated carbocycles. The van der Waals surface area contributed by atoms with Crippen LogP contribution in [-0.2, 0) is 11.2 Å². The van der Waals surface area contributed by atoms with E-state index in [1.165, 1.54) is 0 Å². The number of aliphatic carboxylic acids is 1. The van der Waals surface area contributed by atoms with E-state index in [0.717, 1.165) is 16.5 Å². The second kappa shape index (κ2) is 4.55. The van der Waals surface area contributed by atoms with Gasteiger partial charge in [-0.1, -0.05) is 18.2 Å². The fourth-order valence-electron chi connectivity index (χ4n) is 1.69. The molecule has 2 rings (SSSR count). The van der Waals surface area contributed by atoms with E-state index < -0.39 is 12.0 Å². The summed E-state index contributed by atoms with van der Waals surface area (Å²) < 4.78 is 0. The summed E-state index contributed by atoms with van der Waals surface area (Å²) in [5.74, 6) is -0.958. The molecule has 16 heavy (non-hydrogen) atoms. The van der Waals surface area contributed by atoms with Crippen molar-refractivity contribution in [1.29, 1.82) is 0 Å². The van der Waals surface area contributed by atoms with Crippen molar-refractivity contribution in [2.24, 2.45) is 0 Å². The van der Waals surface area contributed by atoms with Gasteiger partial charge in [0, 0.05) is 23.5 Å². The zero-order valence-electron chi connectivity index (χ0n) is 8.40. The van der Waals surface area contributed by atoms with Gasteiger partial charge in [-0.3, -0.25) is 4.79 Å². The molecule has 4 nitrogen and oxygen atoms in total. The quantitative estimate of drug-likeness (QED) is 0.713. The first-order chi connectivity index (χ1) is 7.72. The van der Waals surface area contributed by atoms with Crippen LogP contribution in [0.3, 0.4) is 0 Å². The molecular formula is C11H11ClN2O2. The third-order valence-corrected chi connectivity index (χ3v) is 2.79. The van der Waals surface area contributed by atoms with Crippen molar-refractivity contribution in [2.45, 2.75) is 12.5 Å². The summed E-state index contributed by atoms with van der Waals surface area (Å²) in [7, 11) is 0. The number of carboxylic acid groups (broad SMARTS) is 1. The lowest BCUT2D eigenvalue weighted by Crippen LogP contribution is -2.32. The number of rotatable bonds is 4. The highest BCUT2D eigenvalue weighted by atomic mass is 35.5. The van der Waals surface area contributed by atoms with Crippen LogP contribution < -0.4 is 4.84 Å². The maximum absolute atomic E-state index is 10.8. The van der Waals surface area contributed by atoms with Crippen LogP contribution in [0.4, 0.5) is 0 Å². The van der Waals surface area contributed by atoms with Crippen LogP contribution in [0, 0.1) is 0 Å². The van der Waals surface area contributed by atoms with Gasteiger partial charge in [0.15, 0.2) is 0 Å². The SMILES string of the molecule is O=C(O)[C@H](Cc1c[nH]c2ccccc12)NCl. The molecule has 1 aromatic carbocycles. The van der Waals surface area contributed by atoms with E-state index in [4.69, 9.17) is 16.9 Å². The second-order valence-electron chi connectivity index (χ2n) is 3.56. The van der Waals surface area contributed by atoms with Crippen LogP contribution in [0.15, 0.2) is 30.5 Å². The Morgan fingerprint density at radius 1 is 1.50 bits per heavy atom. The maximum atomic E-state index is 10.8. The minimum atomic E-state index is -0.958. The molecule has 0 aliphatic carbocycles. The second-order valence-corrected chi connectivity index (χ2v) is 3.78. The Bertz CT molecular complexity index is 509. The molecule has 1 aromatic heterocycles. The minimum Gasteiger partial charge on any atom is -0.480 e. The highest BCUT2D eigenvalue weighted by Gasteiger charge is 2.18. The van der Waals surface area contributed by atoms with Crippen molar-refractivity contribution < 1.29 is 9.90 Å². The number of fused-ring (bicyclic) bond motifs is 1. The van der Waals surface area contributed by atoms with Gasteiger partial charge in [0.1, 0.15) is 6.04 Å². The van der Waals surface area contributed by atoms with Crippen molar-refractivity contribution in [3.8, 4) is 0 Å². The molecule has 0 fully saturated rings. The number of hydrogen-bond acceptors (Lipinski definition) is 2. The van der Waals surface area contributed by atoms with E-state index in [-0.39, 0.29) is 0 Å². The van der Waals surface area contributed by atoms with Gasteiger partial charge < -0.3 is 10.1 Å². The molecular weight excluding hydrogens is 228 g/mol. The first-order valence-electron chi connectivity index (χ1n) is 4.86. The van der Waals surface area contributed by atoms with Gasteiger partial charge >= 0.3 is 5.97 Å². The molecule has 0 aliphatic heterocycles. The zero-order chi connectivity index (χ0) is 11.5. The molecule has 2 aromatic rings. The fraction of sp³-hybridized carbons (Fsp3) is 0.182. The molecule has 1 atom stereocenters. The number of H-pyrrole nitrogens is 1. The summed E-state index contributed by atoms with van der Waals surface area (Å²) in [6, 6.07) is 6.97. The predicted octanol–water partition coefficient (Wildman–Crippen LogP) is 1.91. The Kier molecular flexibility index (Phi) is 3.12. The smallest absolute Gasteiger partial charge is 0.322 e. The van der Waals surface area contributed by atoms with Gasteiger partial charge in [0.05, 0.1) is 0 Å². The van der Waals surface area contributed by atoms with Gasteiger partial charge in [-0.25, -0.2) is 4.84 Å². The van der Waals surface area contributed by atoms with Gasteiger partial charge in [-0.15, -0.1) is 0 Å². The number of aromatic amines is 1. The number of nitrogens with one attached hydrogen (secondary N) is 2. The average Bonchev–Trinajstić information content (AvgIpc) is 2.69. The summed E-state index contributed by atoms with van der Waals surface area (Å²) in [5, 5.41) is 9.92. The molecule has 0 amide bonds. The number of halogens is 1. The van der Waals surface area contributed by atoms with Crippen LogP contribution in [0.2, 0.25) is 0 Å². The molecule has 0 spiro atoms. The number of hydrogen-bond donors (Lipinski definition) is 3. The molecule has 1 heterocycles. The maximum Gasteiger partial charge on any atom is 0.322 e. The topological polar surface area (TPSA) is 65.1 Å². The van der Waals surface area contributed by atoms with E-state index in [1.807, 2.05) is 30.5 Å². The molecule has 0 saturated heterocycles. The van der Waals surface area contributed by atoms with Crippen molar-refractivity contribution >= 4 is 28.6 Å². The Hall–Kier alpha value is -1.52. The number of carbonyl (C=O) groups is 1. The van der Waals surface area contributed by atoms with Crippen LogP contribution >= 0.6 is 11.8 Å². The predicted molar refractivity (Wildman–Crippen MR) is 62.4 cm³/mol. The summed E-state index contributed by atoms with van der Waals surface area (Å²) in [6.07, 6.45) is 2.16. The van der Waals surface area contributed by atoms with Crippen molar-refractivity contribution in [3.05, 3.63) is 36.0 Å². The van der Waals surface area contributed by atoms with Crippen molar-refractivity contribution in [3.63, 3.8) is 0 Å². The van der Waals surface area contributed by atoms with Crippen molar-refractivity contribution in [2.75, 3.05) is 0 Å². The van der Waals surface area contributed by atoms with Crippen LogP contribution in [-0.4, -0.2) is 22.1 Å². The highest BCUT2D eigenvalue weighted by molar-refractivity contribution is 6.14. The molecule has 0 bridgehead atoms. The molecule has 0 unspecified atom stereocenters. The Balaban J connectivity index is 2.30. The number of aromatic nitrogens is 1. The number of para-hydroxylation sites is 1. The van der Waals surface area contributed by atoms with E-state index in [9.17, 15) is 4.79 Å². The zero-order valence-corrected chi connectivity index (χ0v) is 9.16. The van der Waals surface area contributed by atoms with Crippen LogP contribution in [0.5, 0.6) is 0 Å². The van der Waals surface area contributed by atoms with Gasteiger partial charge in [0.2, 0.25) is 0 Å². The molecule has 3 N–H and O–H groups in total. The lowest BCUT2D eigenvalue weighted by Gasteiger charge is -2.08. The van der Waals surface area contributed by atoms with Gasteiger partial charge in [-0.05, 0) is 23.4 Å². The lowest BCUT2D eigenvalue weighted by atomic mass is 10.1. The summed E-state index contributed by atoms with van der Waals surface area (Å²) >= 11 is 5.39. The number of benzene rings is 1. The Morgan fingerprint density at radius 3 is 2.94 bits per heavy atom. The molecule has 0 aliphatic rings. The summed E-state index contributed by atoms with van der Waals surface area (Å²) in [4.78, 5) is 16.2. The monoisotopic (exact) mass is 238 g/mol. The number of carboxylic acids is 1. The third-order valence-electron chi connectivity index (χ3n) is 2.53. The van der Waals surface area contributed by atoms with E-state index in [1.54, 1.807) is 0 Å². The van der Waals surface area contributed by atoms with E-state index in [2.05, 4.69) is 9.82 Å². The first-order valence-corrected chi connectivity index (χ1v) is 5.24. The largest absolute Gasteiger partial charge is 0.480 e. The van der Waals surface area contributed by atoms with E-state index >= 15 is 0 Å². The average molecular weight is 239 g/mol. The molecule has 0 radical (unpaired) electrons. The fourth-order valence-corrected chi connectivity index (χ4v) is 1.86. The standard InChI is InChI=1S/C11H11ClN2O2/c12-14-10(11(15)16)5-7-6-13-9-4-2-1-3-8(7)9/h1-4,6,10,13-14H,5H2,(H,15,16)/t10-/m0/s1. The van der Waals surface area contributed by atoms with E-state index in [0.29, 0.717) is 6.42 Å². The lowest BCUT2D eigenvalue weighted by molar-refractivity contribution is -0.138. The molecule has 5 heteroatoms. The van der Waals surface area contributed by atoms with Gasteiger partial charge in [-0.2, -0.15) is 0 Å². The molecule has 84 valence electrons. The van der Waals surface area contributed by atoms with Gasteiger partial charge in [0.25, 0.3) is 0 Å². The summed E-state index contributed by atoms with van der Waals surface area (Å²) in [5.41, 5.74) is 1.94. The highest BCUT2D eigenvalue weighted by Crippen LogP contribution is 2.19. The van der Waals surface area contributed by atoms with Crippen LogP contribution in [0.1, 0.15) is 5.56 Å². The Labute approximate surface area is 97.3 Å². The van der Waals surface area contributed by atoms with Crippen LogP contribution in [0.25, 0.3) is 10.9 Å². The third kappa shape index (κ3) is 2.03. The summed E-state index contributed by atoms with van der Waals surface area (Å²) in [6.45, 7) is 0. The first kappa shape index (κ1) is 11.0. The van der Waals surface area contributed by atoms with Crippen molar-refractivity contribution in [1.82, 2.24) is 9.82 Å². The minimum absolute atomic E-state index is 0.350. The normalized spacial score (nSPS) is 12.8.